The highest BCUT2D eigenvalue weighted by Crippen LogP contribution is 2.33. The fourth-order valence-electron chi connectivity index (χ4n) is 2.12. The number of aromatic nitrogens is 1. The number of halogens is 3. The van der Waals surface area contributed by atoms with Gasteiger partial charge < -0.3 is 5.32 Å². The van der Waals surface area contributed by atoms with E-state index in [-0.39, 0.29) is 11.1 Å². The Morgan fingerprint density at radius 3 is 2.80 bits per heavy atom. The summed E-state index contributed by atoms with van der Waals surface area (Å²) >= 11 is 9.22. The van der Waals surface area contributed by atoms with Gasteiger partial charge in [-0.3, -0.25) is 4.98 Å². The highest BCUT2D eigenvalue weighted by molar-refractivity contribution is 9.10. The largest absolute Gasteiger partial charge is 0.305 e. The number of aryl methyl sites for hydroxylation is 1. The molecule has 0 aliphatic carbocycles. The van der Waals surface area contributed by atoms with Crippen molar-refractivity contribution in [3.63, 3.8) is 0 Å². The van der Waals surface area contributed by atoms with Crippen LogP contribution in [0.25, 0.3) is 0 Å². The Balaban J connectivity index is 2.55. The number of hydrogen-bond acceptors (Lipinski definition) is 2. The van der Waals surface area contributed by atoms with Gasteiger partial charge in [-0.2, -0.15) is 0 Å². The van der Waals surface area contributed by atoms with Crippen LogP contribution in [0.4, 0.5) is 4.39 Å². The maximum atomic E-state index is 14.4. The Hall–Kier alpha value is -0.970. The monoisotopic (exact) mass is 356 g/mol. The number of benzene rings is 1. The Morgan fingerprint density at radius 2 is 2.15 bits per heavy atom. The number of nitrogens with zero attached hydrogens (tertiary/aromatic N) is 1. The first kappa shape index (κ1) is 15.4. The molecule has 2 aromatic rings. The quantitative estimate of drug-likeness (QED) is 0.806. The molecule has 1 heterocycles. The first-order valence-corrected chi connectivity index (χ1v) is 7.51. The van der Waals surface area contributed by atoms with Crippen molar-refractivity contribution in [3.05, 3.63) is 62.6 Å². The molecule has 1 N–H and O–H groups in total. The minimum Gasteiger partial charge on any atom is -0.305 e. The van der Waals surface area contributed by atoms with Gasteiger partial charge in [-0.05, 0) is 47.1 Å². The van der Waals surface area contributed by atoms with Crippen LogP contribution in [0, 0.1) is 12.7 Å². The van der Waals surface area contributed by atoms with Gasteiger partial charge in [0, 0.05) is 16.2 Å². The summed E-state index contributed by atoms with van der Waals surface area (Å²) in [6.07, 6.45) is 1.71. The van der Waals surface area contributed by atoms with Gasteiger partial charge in [0.15, 0.2) is 0 Å². The predicted octanol–water partition coefficient (Wildman–Crippen LogP) is 4.64. The summed E-state index contributed by atoms with van der Waals surface area (Å²) in [5.74, 6) is -0.419. The molecule has 1 atom stereocenters. The van der Waals surface area contributed by atoms with Crippen molar-refractivity contribution in [2.75, 3.05) is 6.54 Å². The van der Waals surface area contributed by atoms with E-state index in [1.165, 1.54) is 0 Å². The number of nitrogens with one attached hydrogen (secondary N) is 1. The molecule has 5 heteroatoms. The first-order chi connectivity index (χ1) is 9.56. The van der Waals surface area contributed by atoms with Crippen molar-refractivity contribution < 1.29 is 4.39 Å². The lowest BCUT2D eigenvalue weighted by molar-refractivity contribution is 0.550. The lowest BCUT2D eigenvalue weighted by atomic mass is 9.99. The zero-order valence-electron chi connectivity index (χ0n) is 11.3. The SMILES string of the molecule is CCNC(c1ccc(Br)c(Cl)c1F)c1ncccc1C. The molecule has 0 amide bonds. The van der Waals surface area contributed by atoms with E-state index in [4.69, 9.17) is 11.6 Å². The third-order valence-corrected chi connectivity index (χ3v) is 4.37. The van der Waals surface area contributed by atoms with Gasteiger partial charge in [-0.1, -0.05) is 30.7 Å². The molecule has 1 aromatic heterocycles. The molecule has 0 saturated carbocycles. The summed E-state index contributed by atoms with van der Waals surface area (Å²) in [5, 5.41) is 3.36. The van der Waals surface area contributed by atoms with Crippen LogP contribution in [0.15, 0.2) is 34.9 Å². The molecular weight excluding hydrogens is 343 g/mol. The standard InChI is InChI=1S/C15H15BrClFN2/c1-3-19-15(14-9(2)5-4-8-20-14)10-6-7-11(16)12(17)13(10)18/h4-8,15,19H,3H2,1-2H3. The van der Waals surface area contributed by atoms with Gasteiger partial charge in [0.2, 0.25) is 0 Å². The van der Waals surface area contributed by atoms with Crippen molar-refractivity contribution in [1.82, 2.24) is 10.3 Å². The van der Waals surface area contributed by atoms with E-state index in [9.17, 15) is 4.39 Å². The van der Waals surface area contributed by atoms with Gasteiger partial charge in [-0.25, -0.2) is 4.39 Å². The molecule has 2 nitrogen and oxygen atoms in total. The van der Waals surface area contributed by atoms with E-state index in [1.807, 2.05) is 26.0 Å². The molecule has 106 valence electrons. The Labute approximate surface area is 131 Å². The van der Waals surface area contributed by atoms with Crippen LogP contribution < -0.4 is 5.32 Å². The predicted molar refractivity (Wildman–Crippen MR) is 83.6 cm³/mol. The molecular formula is C15H15BrClFN2. The van der Waals surface area contributed by atoms with Crippen molar-refractivity contribution in [1.29, 1.82) is 0 Å². The summed E-state index contributed by atoms with van der Waals surface area (Å²) in [6, 6.07) is 7.00. The maximum Gasteiger partial charge on any atom is 0.148 e. The average Bonchev–Trinajstić information content (AvgIpc) is 2.44. The molecule has 0 bridgehead atoms. The van der Waals surface area contributed by atoms with Gasteiger partial charge in [0.05, 0.1) is 16.8 Å². The fourth-order valence-corrected chi connectivity index (χ4v) is 2.60. The molecule has 0 spiro atoms. The highest BCUT2D eigenvalue weighted by Gasteiger charge is 2.22. The summed E-state index contributed by atoms with van der Waals surface area (Å²) in [4.78, 5) is 4.38. The van der Waals surface area contributed by atoms with Crippen LogP contribution in [-0.4, -0.2) is 11.5 Å². The number of pyridine rings is 1. The van der Waals surface area contributed by atoms with E-state index < -0.39 is 5.82 Å². The first-order valence-electron chi connectivity index (χ1n) is 6.34. The molecule has 1 aromatic carbocycles. The second-order valence-corrected chi connectivity index (χ2v) is 5.69. The molecule has 20 heavy (non-hydrogen) atoms. The van der Waals surface area contributed by atoms with Crippen molar-refractivity contribution in [2.45, 2.75) is 19.9 Å². The number of hydrogen-bond donors (Lipinski definition) is 1. The van der Waals surface area contributed by atoms with Crippen LogP contribution in [-0.2, 0) is 0 Å². The van der Waals surface area contributed by atoms with E-state index in [0.717, 1.165) is 11.3 Å². The normalized spacial score (nSPS) is 12.4. The lowest BCUT2D eigenvalue weighted by Gasteiger charge is -2.21. The lowest BCUT2D eigenvalue weighted by Crippen LogP contribution is -2.24. The summed E-state index contributed by atoms with van der Waals surface area (Å²) in [7, 11) is 0. The van der Waals surface area contributed by atoms with Crippen LogP contribution >= 0.6 is 27.5 Å². The molecule has 0 aliphatic rings. The smallest absolute Gasteiger partial charge is 0.148 e. The molecule has 0 aliphatic heterocycles. The molecule has 2 rings (SSSR count). The van der Waals surface area contributed by atoms with E-state index in [0.29, 0.717) is 16.6 Å². The minimum absolute atomic E-state index is 0.0963. The summed E-state index contributed by atoms with van der Waals surface area (Å²) in [5.41, 5.74) is 2.32. The Bertz CT molecular complexity index is 619. The molecule has 0 saturated heterocycles. The summed E-state index contributed by atoms with van der Waals surface area (Å²) in [6.45, 7) is 4.64. The Morgan fingerprint density at radius 1 is 1.40 bits per heavy atom. The number of rotatable bonds is 4. The zero-order chi connectivity index (χ0) is 14.7. The highest BCUT2D eigenvalue weighted by atomic mass is 79.9. The summed E-state index contributed by atoms with van der Waals surface area (Å²) < 4.78 is 15.0. The van der Waals surface area contributed by atoms with E-state index in [2.05, 4.69) is 26.2 Å². The molecule has 0 radical (unpaired) electrons. The van der Waals surface area contributed by atoms with Crippen LogP contribution in [0.3, 0.4) is 0 Å². The second-order valence-electron chi connectivity index (χ2n) is 4.46. The van der Waals surface area contributed by atoms with Gasteiger partial charge in [-0.15, -0.1) is 0 Å². The van der Waals surface area contributed by atoms with Gasteiger partial charge in [0.25, 0.3) is 0 Å². The third kappa shape index (κ3) is 3.03. The third-order valence-electron chi connectivity index (χ3n) is 3.11. The van der Waals surface area contributed by atoms with Crippen molar-refractivity contribution in [3.8, 4) is 0 Å². The van der Waals surface area contributed by atoms with E-state index >= 15 is 0 Å². The fraction of sp³-hybridized carbons (Fsp3) is 0.267. The second kappa shape index (κ2) is 6.66. The minimum atomic E-state index is -0.419. The zero-order valence-corrected chi connectivity index (χ0v) is 13.6. The van der Waals surface area contributed by atoms with Crippen LogP contribution in [0.2, 0.25) is 5.02 Å². The van der Waals surface area contributed by atoms with Crippen molar-refractivity contribution >= 4 is 27.5 Å². The molecule has 0 fully saturated rings. The van der Waals surface area contributed by atoms with Crippen molar-refractivity contribution in [2.24, 2.45) is 0 Å². The van der Waals surface area contributed by atoms with E-state index in [1.54, 1.807) is 18.3 Å². The van der Waals surface area contributed by atoms with Gasteiger partial charge in [0.1, 0.15) is 5.82 Å². The Kier molecular flexibility index (Phi) is 5.13. The van der Waals surface area contributed by atoms with Gasteiger partial charge >= 0.3 is 0 Å². The topological polar surface area (TPSA) is 24.9 Å². The van der Waals surface area contributed by atoms with Crippen LogP contribution in [0.5, 0.6) is 0 Å². The maximum absolute atomic E-state index is 14.4. The molecule has 1 unspecified atom stereocenters. The average molecular weight is 358 g/mol. The van der Waals surface area contributed by atoms with Crippen LogP contribution in [0.1, 0.15) is 29.8 Å².